The molecule has 0 unspecified atom stereocenters. The number of nitrogens with zero attached hydrogens (tertiary/aromatic N) is 3. The van der Waals surface area contributed by atoms with Crippen molar-refractivity contribution in [3.05, 3.63) is 53.6 Å². The highest BCUT2D eigenvalue weighted by atomic mass is 16.5. The minimum Gasteiger partial charge on any atom is -0.465 e. The first-order chi connectivity index (χ1) is 12.1. The van der Waals surface area contributed by atoms with Crippen LogP contribution in [0.5, 0.6) is 0 Å². The SMILES string of the molecule is COC(=O)c1ccc(C(=O)N2CCCCC[C@H]2c2cccn2C)nc1. The van der Waals surface area contributed by atoms with E-state index in [1.165, 1.54) is 13.3 Å². The number of amides is 1. The molecule has 1 aliphatic heterocycles. The molecule has 0 aliphatic carbocycles. The van der Waals surface area contributed by atoms with Crippen molar-refractivity contribution in [1.82, 2.24) is 14.5 Å². The average Bonchev–Trinajstić information content (AvgIpc) is 2.92. The molecule has 0 N–H and O–H groups in total. The molecule has 0 radical (unpaired) electrons. The molecule has 1 amide bonds. The molecule has 2 aromatic rings. The standard InChI is InChI=1S/C19H23N3O3/c1-21-11-6-8-16(21)17-7-4-3-5-12-22(17)18(23)15-10-9-14(13-20-15)19(24)25-2/h6,8-11,13,17H,3-5,7,12H2,1-2H3/t17-/m0/s1. The number of aryl methyl sites for hydroxylation is 1. The molecule has 1 saturated heterocycles. The molecular weight excluding hydrogens is 318 g/mol. The molecule has 1 fully saturated rings. The first-order valence-corrected chi connectivity index (χ1v) is 8.58. The Labute approximate surface area is 147 Å². The molecule has 6 heteroatoms. The molecule has 1 aliphatic rings. The highest BCUT2D eigenvalue weighted by molar-refractivity contribution is 5.94. The predicted octanol–water partition coefficient (Wildman–Crippen LogP) is 2.96. The van der Waals surface area contributed by atoms with E-state index in [9.17, 15) is 9.59 Å². The number of hydrogen-bond donors (Lipinski definition) is 0. The number of hydrogen-bond acceptors (Lipinski definition) is 4. The molecule has 0 bridgehead atoms. The fourth-order valence-corrected chi connectivity index (χ4v) is 3.39. The van der Waals surface area contributed by atoms with Crippen molar-refractivity contribution >= 4 is 11.9 Å². The highest BCUT2D eigenvalue weighted by Gasteiger charge is 2.29. The van der Waals surface area contributed by atoms with E-state index < -0.39 is 5.97 Å². The number of rotatable bonds is 3. The van der Waals surface area contributed by atoms with Crippen molar-refractivity contribution in [2.75, 3.05) is 13.7 Å². The molecular formula is C19H23N3O3. The second kappa shape index (κ2) is 7.51. The van der Waals surface area contributed by atoms with Gasteiger partial charge in [0.25, 0.3) is 5.91 Å². The van der Waals surface area contributed by atoms with Crippen LogP contribution in [0.3, 0.4) is 0 Å². The summed E-state index contributed by atoms with van der Waals surface area (Å²) >= 11 is 0. The lowest BCUT2D eigenvalue weighted by Gasteiger charge is -2.30. The van der Waals surface area contributed by atoms with Gasteiger partial charge in [-0.3, -0.25) is 9.78 Å². The second-order valence-corrected chi connectivity index (χ2v) is 6.33. The molecule has 132 valence electrons. The van der Waals surface area contributed by atoms with Crippen molar-refractivity contribution < 1.29 is 14.3 Å². The lowest BCUT2D eigenvalue weighted by atomic mass is 10.1. The Bertz CT molecular complexity index is 752. The van der Waals surface area contributed by atoms with Crippen LogP contribution in [0.25, 0.3) is 0 Å². The zero-order chi connectivity index (χ0) is 17.8. The third kappa shape index (κ3) is 3.57. The molecule has 1 atom stereocenters. The summed E-state index contributed by atoms with van der Waals surface area (Å²) in [6.07, 6.45) is 7.57. The van der Waals surface area contributed by atoms with E-state index in [0.29, 0.717) is 11.3 Å². The summed E-state index contributed by atoms with van der Waals surface area (Å²) in [6, 6.07) is 7.32. The molecule has 2 aromatic heterocycles. The number of carbonyl (C=O) groups is 2. The van der Waals surface area contributed by atoms with E-state index in [2.05, 4.69) is 20.4 Å². The van der Waals surface area contributed by atoms with Crippen LogP contribution in [-0.4, -0.2) is 40.0 Å². The summed E-state index contributed by atoms with van der Waals surface area (Å²) in [7, 11) is 3.33. The number of likely N-dealkylation sites (tertiary alicyclic amines) is 1. The van der Waals surface area contributed by atoms with E-state index >= 15 is 0 Å². The van der Waals surface area contributed by atoms with Crippen LogP contribution >= 0.6 is 0 Å². The predicted molar refractivity (Wildman–Crippen MR) is 93.2 cm³/mol. The van der Waals surface area contributed by atoms with Gasteiger partial charge in [-0.25, -0.2) is 4.79 Å². The van der Waals surface area contributed by atoms with Gasteiger partial charge in [0.15, 0.2) is 0 Å². The van der Waals surface area contributed by atoms with Crippen molar-refractivity contribution in [1.29, 1.82) is 0 Å². The van der Waals surface area contributed by atoms with Gasteiger partial charge in [0.2, 0.25) is 0 Å². The lowest BCUT2D eigenvalue weighted by molar-refractivity contribution is 0.0597. The van der Waals surface area contributed by atoms with Crippen LogP contribution in [0.2, 0.25) is 0 Å². The fraction of sp³-hybridized carbons (Fsp3) is 0.421. The third-order valence-corrected chi connectivity index (χ3v) is 4.74. The number of esters is 1. The molecule has 3 heterocycles. The Morgan fingerprint density at radius 3 is 2.68 bits per heavy atom. The number of methoxy groups -OCH3 is 1. The maximum absolute atomic E-state index is 13.1. The first kappa shape index (κ1) is 17.2. The van der Waals surface area contributed by atoms with E-state index in [1.807, 2.05) is 24.2 Å². The van der Waals surface area contributed by atoms with Gasteiger partial charge < -0.3 is 14.2 Å². The van der Waals surface area contributed by atoms with Gasteiger partial charge in [-0.15, -0.1) is 0 Å². The van der Waals surface area contributed by atoms with Crippen LogP contribution in [0.1, 0.15) is 58.3 Å². The number of carbonyl (C=O) groups excluding carboxylic acids is 2. The van der Waals surface area contributed by atoms with Gasteiger partial charge in [0.1, 0.15) is 5.69 Å². The van der Waals surface area contributed by atoms with Gasteiger partial charge in [-0.05, 0) is 37.1 Å². The van der Waals surface area contributed by atoms with Crippen molar-refractivity contribution in [3.63, 3.8) is 0 Å². The van der Waals surface area contributed by atoms with Crippen LogP contribution < -0.4 is 0 Å². The molecule has 6 nitrogen and oxygen atoms in total. The summed E-state index contributed by atoms with van der Waals surface area (Å²) in [5.74, 6) is -0.549. The van der Waals surface area contributed by atoms with Crippen LogP contribution in [0.15, 0.2) is 36.7 Å². The maximum atomic E-state index is 13.1. The van der Waals surface area contributed by atoms with E-state index in [-0.39, 0.29) is 11.9 Å². The summed E-state index contributed by atoms with van der Waals surface area (Å²) in [4.78, 5) is 30.7. The molecule has 0 saturated carbocycles. The number of aromatic nitrogens is 2. The quantitative estimate of drug-likeness (QED) is 0.805. The Kier molecular flexibility index (Phi) is 5.16. The summed E-state index contributed by atoms with van der Waals surface area (Å²) < 4.78 is 6.75. The lowest BCUT2D eigenvalue weighted by Crippen LogP contribution is -2.36. The Balaban J connectivity index is 1.87. The fourth-order valence-electron chi connectivity index (χ4n) is 3.39. The topological polar surface area (TPSA) is 64.4 Å². The van der Waals surface area contributed by atoms with Gasteiger partial charge in [-0.1, -0.05) is 12.8 Å². The van der Waals surface area contributed by atoms with E-state index in [0.717, 1.165) is 37.9 Å². The van der Waals surface area contributed by atoms with Crippen molar-refractivity contribution in [2.24, 2.45) is 7.05 Å². The second-order valence-electron chi connectivity index (χ2n) is 6.33. The minimum atomic E-state index is -0.456. The Morgan fingerprint density at radius 1 is 1.20 bits per heavy atom. The zero-order valence-corrected chi connectivity index (χ0v) is 14.6. The monoisotopic (exact) mass is 341 g/mol. The summed E-state index contributed by atoms with van der Waals surface area (Å²) in [5.41, 5.74) is 1.84. The van der Waals surface area contributed by atoms with Crippen molar-refractivity contribution in [3.8, 4) is 0 Å². The average molecular weight is 341 g/mol. The Morgan fingerprint density at radius 2 is 2.04 bits per heavy atom. The molecule has 0 spiro atoms. The molecule has 0 aromatic carbocycles. The smallest absolute Gasteiger partial charge is 0.339 e. The van der Waals surface area contributed by atoms with Crippen molar-refractivity contribution in [2.45, 2.75) is 31.7 Å². The van der Waals surface area contributed by atoms with Gasteiger partial charge in [0.05, 0.1) is 18.7 Å². The summed E-state index contributed by atoms with van der Waals surface area (Å²) in [6.45, 7) is 0.717. The van der Waals surface area contributed by atoms with Crippen LogP contribution in [0.4, 0.5) is 0 Å². The van der Waals surface area contributed by atoms with E-state index in [4.69, 9.17) is 0 Å². The third-order valence-electron chi connectivity index (χ3n) is 4.74. The maximum Gasteiger partial charge on any atom is 0.339 e. The zero-order valence-electron chi connectivity index (χ0n) is 14.6. The normalized spacial score (nSPS) is 17.8. The molecule has 3 rings (SSSR count). The van der Waals surface area contributed by atoms with Gasteiger partial charge in [-0.2, -0.15) is 0 Å². The highest BCUT2D eigenvalue weighted by Crippen LogP contribution is 2.31. The Hall–Kier alpha value is -2.63. The largest absolute Gasteiger partial charge is 0.465 e. The minimum absolute atomic E-state index is 0.0529. The number of pyridine rings is 1. The molecule has 25 heavy (non-hydrogen) atoms. The van der Waals surface area contributed by atoms with Crippen LogP contribution in [0, 0.1) is 0 Å². The van der Waals surface area contributed by atoms with Gasteiger partial charge >= 0.3 is 5.97 Å². The first-order valence-electron chi connectivity index (χ1n) is 8.58. The summed E-state index contributed by atoms with van der Waals surface area (Å²) in [5, 5.41) is 0. The number of ether oxygens (including phenoxy) is 1. The van der Waals surface area contributed by atoms with E-state index in [1.54, 1.807) is 12.1 Å². The van der Waals surface area contributed by atoms with Crippen LogP contribution in [-0.2, 0) is 11.8 Å². The van der Waals surface area contributed by atoms with Gasteiger partial charge in [0, 0.05) is 31.7 Å².